The van der Waals surface area contributed by atoms with Gasteiger partial charge in [-0.25, -0.2) is 8.42 Å². The highest BCUT2D eigenvalue weighted by Crippen LogP contribution is 2.21. The number of carbonyl (C=O) groups excluding carboxylic acids is 1. The van der Waals surface area contributed by atoms with Crippen LogP contribution in [-0.2, 0) is 16.4 Å². The van der Waals surface area contributed by atoms with Crippen molar-refractivity contribution in [1.29, 1.82) is 0 Å². The smallest absolute Gasteiger partial charge is 0.251 e. The van der Waals surface area contributed by atoms with E-state index in [1.807, 2.05) is 31.2 Å². The highest BCUT2D eigenvalue weighted by Gasteiger charge is 2.27. The van der Waals surface area contributed by atoms with Gasteiger partial charge in [0, 0.05) is 36.3 Å². The molecule has 0 saturated carbocycles. The first-order valence-corrected chi connectivity index (χ1v) is 11.8. The molecule has 1 aliphatic rings. The maximum atomic E-state index is 12.6. The van der Waals surface area contributed by atoms with Gasteiger partial charge in [0.15, 0.2) is 0 Å². The summed E-state index contributed by atoms with van der Waals surface area (Å²) in [7, 11) is -3.50. The molecule has 1 aliphatic heterocycles. The standard InChI is InChI=1S/C23H25N3O4S/c1-16-4-5-18-15-19(23(28)25-21(18)14-16)10-11-24-22(27)17-6-8-20(9-7-17)31(29,30)26-12-2-3-13-26/h4-9,14-15H,2-3,10-13H2,1H3,(H,24,27)(H,25,28). The maximum Gasteiger partial charge on any atom is 0.251 e. The lowest BCUT2D eigenvalue weighted by Crippen LogP contribution is -2.28. The van der Waals surface area contributed by atoms with Crippen LogP contribution in [0.4, 0.5) is 0 Å². The van der Waals surface area contributed by atoms with E-state index in [2.05, 4.69) is 10.3 Å². The van der Waals surface area contributed by atoms with Crippen molar-refractivity contribution in [2.24, 2.45) is 0 Å². The van der Waals surface area contributed by atoms with Crippen LogP contribution in [0.5, 0.6) is 0 Å². The van der Waals surface area contributed by atoms with E-state index in [0.29, 0.717) is 37.2 Å². The molecule has 0 atom stereocenters. The predicted molar refractivity (Wildman–Crippen MR) is 120 cm³/mol. The van der Waals surface area contributed by atoms with Gasteiger partial charge >= 0.3 is 0 Å². The Balaban J connectivity index is 1.39. The highest BCUT2D eigenvalue weighted by atomic mass is 32.2. The molecule has 2 heterocycles. The largest absolute Gasteiger partial charge is 0.352 e. The molecular weight excluding hydrogens is 414 g/mol. The number of sulfonamides is 1. The van der Waals surface area contributed by atoms with Gasteiger partial charge in [0.25, 0.3) is 11.5 Å². The number of aromatic nitrogens is 1. The van der Waals surface area contributed by atoms with Gasteiger partial charge in [0.2, 0.25) is 10.0 Å². The van der Waals surface area contributed by atoms with Crippen LogP contribution in [0.1, 0.15) is 34.3 Å². The van der Waals surface area contributed by atoms with E-state index in [9.17, 15) is 18.0 Å². The molecule has 3 aromatic rings. The van der Waals surface area contributed by atoms with E-state index in [4.69, 9.17) is 0 Å². The zero-order valence-corrected chi connectivity index (χ0v) is 18.2. The predicted octanol–water partition coefficient (Wildman–Crippen LogP) is 2.59. The molecule has 7 nitrogen and oxygen atoms in total. The molecule has 0 radical (unpaired) electrons. The number of amides is 1. The van der Waals surface area contributed by atoms with Crippen LogP contribution in [-0.4, -0.2) is 43.2 Å². The number of hydrogen-bond donors (Lipinski definition) is 2. The Hall–Kier alpha value is -2.97. The number of benzene rings is 2. The zero-order valence-electron chi connectivity index (χ0n) is 17.3. The Bertz CT molecular complexity index is 1270. The van der Waals surface area contributed by atoms with Gasteiger partial charge in [-0.3, -0.25) is 9.59 Å². The summed E-state index contributed by atoms with van der Waals surface area (Å²) in [5, 5.41) is 3.74. The number of carbonyl (C=O) groups is 1. The van der Waals surface area contributed by atoms with Gasteiger partial charge in [-0.1, -0.05) is 12.1 Å². The molecule has 1 saturated heterocycles. The lowest BCUT2D eigenvalue weighted by Gasteiger charge is -2.15. The number of aromatic amines is 1. The van der Waals surface area contributed by atoms with Gasteiger partial charge < -0.3 is 10.3 Å². The molecule has 0 spiro atoms. The fourth-order valence-corrected chi connectivity index (χ4v) is 5.33. The van der Waals surface area contributed by atoms with Crippen molar-refractivity contribution in [3.05, 3.63) is 75.6 Å². The highest BCUT2D eigenvalue weighted by molar-refractivity contribution is 7.89. The van der Waals surface area contributed by atoms with Gasteiger partial charge in [0.05, 0.1) is 4.90 Å². The lowest BCUT2D eigenvalue weighted by atomic mass is 10.1. The number of pyridine rings is 1. The molecule has 0 unspecified atom stereocenters. The van der Waals surface area contributed by atoms with Crippen LogP contribution < -0.4 is 10.9 Å². The van der Waals surface area contributed by atoms with Gasteiger partial charge in [-0.15, -0.1) is 0 Å². The minimum atomic E-state index is -3.50. The molecule has 2 aromatic carbocycles. The number of H-pyrrole nitrogens is 1. The van der Waals surface area contributed by atoms with Crippen molar-refractivity contribution in [2.75, 3.05) is 19.6 Å². The van der Waals surface area contributed by atoms with Crippen molar-refractivity contribution < 1.29 is 13.2 Å². The second-order valence-corrected chi connectivity index (χ2v) is 9.79. The molecule has 162 valence electrons. The first-order chi connectivity index (χ1) is 14.8. The Morgan fingerprint density at radius 3 is 2.48 bits per heavy atom. The summed E-state index contributed by atoms with van der Waals surface area (Å²) in [5.74, 6) is -0.307. The van der Waals surface area contributed by atoms with Gasteiger partial charge in [-0.05, 0) is 73.5 Å². The number of aryl methyl sites for hydroxylation is 1. The Kier molecular flexibility index (Phi) is 5.93. The molecule has 1 aromatic heterocycles. The summed E-state index contributed by atoms with van der Waals surface area (Å²) in [6.07, 6.45) is 2.14. The van der Waals surface area contributed by atoms with Crippen LogP contribution in [0, 0.1) is 6.92 Å². The molecule has 31 heavy (non-hydrogen) atoms. The summed E-state index contributed by atoms with van der Waals surface area (Å²) in [6, 6.07) is 13.7. The summed E-state index contributed by atoms with van der Waals surface area (Å²) in [6.45, 7) is 3.35. The SMILES string of the molecule is Cc1ccc2cc(CCNC(=O)c3ccc(S(=O)(=O)N4CCCC4)cc3)c(=O)[nH]c2c1. The van der Waals surface area contributed by atoms with Gasteiger partial charge in [-0.2, -0.15) is 4.31 Å². The number of hydrogen-bond acceptors (Lipinski definition) is 4. The molecule has 0 bridgehead atoms. The first kappa shape index (κ1) is 21.3. The Morgan fingerprint density at radius 1 is 1.06 bits per heavy atom. The van der Waals surface area contributed by atoms with Crippen LogP contribution in [0.25, 0.3) is 10.9 Å². The molecule has 0 aliphatic carbocycles. The van der Waals surface area contributed by atoms with Crippen molar-refractivity contribution in [3.8, 4) is 0 Å². The Labute approximate surface area is 181 Å². The van der Waals surface area contributed by atoms with E-state index in [1.165, 1.54) is 28.6 Å². The number of rotatable bonds is 6. The molecule has 4 rings (SSSR count). The van der Waals surface area contributed by atoms with Crippen LogP contribution in [0.3, 0.4) is 0 Å². The summed E-state index contributed by atoms with van der Waals surface area (Å²) < 4.78 is 26.6. The summed E-state index contributed by atoms with van der Waals surface area (Å²) >= 11 is 0. The second-order valence-electron chi connectivity index (χ2n) is 7.86. The van der Waals surface area contributed by atoms with Gasteiger partial charge in [0.1, 0.15) is 0 Å². The van der Waals surface area contributed by atoms with E-state index in [0.717, 1.165) is 29.3 Å². The zero-order chi connectivity index (χ0) is 22.0. The lowest BCUT2D eigenvalue weighted by molar-refractivity contribution is 0.0954. The summed E-state index contributed by atoms with van der Waals surface area (Å²) in [4.78, 5) is 27.8. The van der Waals surface area contributed by atoms with Crippen LogP contribution >= 0.6 is 0 Å². The fraction of sp³-hybridized carbons (Fsp3) is 0.304. The molecule has 1 amide bonds. The number of nitrogens with one attached hydrogen (secondary N) is 2. The monoisotopic (exact) mass is 439 g/mol. The van der Waals surface area contributed by atoms with Crippen molar-refractivity contribution >= 4 is 26.8 Å². The topological polar surface area (TPSA) is 99.3 Å². The van der Waals surface area contributed by atoms with E-state index < -0.39 is 10.0 Å². The van der Waals surface area contributed by atoms with E-state index in [-0.39, 0.29) is 16.4 Å². The second kappa shape index (κ2) is 8.64. The third kappa shape index (κ3) is 4.55. The quantitative estimate of drug-likeness (QED) is 0.617. The normalized spacial score (nSPS) is 14.7. The fourth-order valence-electron chi connectivity index (χ4n) is 3.81. The minimum Gasteiger partial charge on any atom is -0.352 e. The number of nitrogens with zero attached hydrogens (tertiary/aromatic N) is 1. The number of fused-ring (bicyclic) bond motifs is 1. The van der Waals surface area contributed by atoms with E-state index >= 15 is 0 Å². The Morgan fingerprint density at radius 2 is 1.77 bits per heavy atom. The molecule has 8 heteroatoms. The van der Waals surface area contributed by atoms with Crippen LogP contribution in [0.2, 0.25) is 0 Å². The third-order valence-corrected chi connectivity index (χ3v) is 7.49. The first-order valence-electron chi connectivity index (χ1n) is 10.4. The molecular formula is C23H25N3O4S. The van der Waals surface area contributed by atoms with Crippen molar-refractivity contribution in [1.82, 2.24) is 14.6 Å². The maximum absolute atomic E-state index is 12.6. The molecule has 2 N–H and O–H groups in total. The van der Waals surface area contributed by atoms with Crippen molar-refractivity contribution in [3.63, 3.8) is 0 Å². The van der Waals surface area contributed by atoms with Crippen molar-refractivity contribution in [2.45, 2.75) is 31.1 Å². The molecule has 1 fully saturated rings. The summed E-state index contributed by atoms with van der Waals surface area (Å²) in [5.41, 5.74) is 2.68. The average Bonchev–Trinajstić information content (AvgIpc) is 3.30. The third-order valence-electron chi connectivity index (χ3n) is 5.58. The minimum absolute atomic E-state index is 0.163. The van der Waals surface area contributed by atoms with E-state index in [1.54, 1.807) is 0 Å². The average molecular weight is 440 g/mol. The van der Waals surface area contributed by atoms with Crippen LogP contribution in [0.15, 0.2) is 58.2 Å².